The predicted octanol–water partition coefficient (Wildman–Crippen LogP) is 3.19. The standard InChI is InChI=1S/C15H21F3N2/c1-12(9-15(16,17)18)19-14-7-8-20(11-14)10-13-5-3-2-4-6-13/h2-6,12,14,19H,7-11H2,1H3. The van der Waals surface area contributed by atoms with Crippen LogP contribution in [0.5, 0.6) is 0 Å². The van der Waals surface area contributed by atoms with Crippen molar-refractivity contribution < 1.29 is 13.2 Å². The van der Waals surface area contributed by atoms with E-state index in [1.165, 1.54) is 5.56 Å². The van der Waals surface area contributed by atoms with Gasteiger partial charge in [0, 0.05) is 31.7 Å². The topological polar surface area (TPSA) is 15.3 Å². The molecule has 0 radical (unpaired) electrons. The van der Waals surface area contributed by atoms with E-state index >= 15 is 0 Å². The van der Waals surface area contributed by atoms with E-state index in [-0.39, 0.29) is 6.04 Å². The van der Waals surface area contributed by atoms with Crippen molar-refractivity contribution in [3.63, 3.8) is 0 Å². The van der Waals surface area contributed by atoms with Gasteiger partial charge in [-0.2, -0.15) is 13.2 Å². The third-order valence-electron chi connectivity index (χ3n) is 3.58. The Bertz CT molecular complexity index is 405. The zero-order chi connectivity index (χ0) is 14.6. The zero-order valence-corrected chi connectivity index (χ0v) is 11.7. The lowest BCUT2D eigenvalue weighted by Gasteiger charge is -2.21. The summed E-state index contributed by atoms with van der Waals surface area (Å²) in [7, 11) is 0. The Morgan fingerprint density at radius 1 is 1.30 bits per heavy atom. The van der Waals surface area contributed by atoms with Gasteiger partial charge in [-0.3, -0.25) is 4.90 Å². The van der Waals surface area contributed by atoms with Gasteiger partial charge in [0.2, 0.25) is 0 Å². The Hall–Kier alpha value is -1.07. The number of nitrogens with one attached hydrogen (secondary N) is 1. The van der Waals surface area contributed by atoms with Crippen LogP contribution in [0.4, 0.5) is 13.2 Å². The second-order valence-corrected chi connectivity index (χ2v) is 5.59. The fourth-order valence-electron chi connectivity index (χ4n) is 2.76. The van der Waals surface area contributed by atoms with Crippen LogP contribution in [-0.2, 0) is 6.54 Å². The van der Waals surface area contributed by atoms with Crippen LogP contribution in [0.3, 0.4) is 0 Å². The lowest BCUT2D eigenvalue weighted by Crippen LogP contribution is -2.40. The van der Waals surface area contributed by atoms with E-state index in [0.717, 1.165) is 26.1 Å². The molecule has 112 valence electrons. The maximum absolute atomic E-state index is 12.3. The van der Waals surface area contributed by atoms with Crippen LogP contribution < -0.4 is 5.32 Å². The van der Waals surface area contributed by atoms with Gasteiger partial charge in [-0.25, -0.2) is 0 Å². The molecule has 5 heteroatoms. The smallest absolute Gasteiger partial charge is 0.310 e. The van der Waals surface area contributed by atoms with Gasteiger partial charge in [0.1, 0.15) is 0 Å². The number of halogens is 3. The largest absolute Gasteiger partial charge is 0.390 e. The Morgan fingerprint density at radius 2 is 2.00 bits per heavy atom. The maximum atomic E-state index is 12.3. The number of hydrogen-bond acceptors (Lipinski definition) is 2. The van der Waals surface area contributed by atoms with E-state index in [2.05, 4.69) is 22.3 Å². The quantitative estimate of drug-likeness (QED) is 0.894. The molecule has 2 unspecified atom stereocenters. The molecular weight excluding hydrogens is 265 g/mol. The monoisotopic (exact) mass is 286 g/mol. The van der Waals surface area contributed by atoms with E-state index in [9.17, 15) is 13.2 Å². The molecule has 0 saturated carbocycles. The SMILES string of the molecule is CC(CC(F)(F)F)NC1CCN(Cc2ccccc2)C1. The Balaban J connectivity index is 1.75. The minimum absolute atomic E-state index is 0.163. The van der Waals surface area contributed by atoms with Crippen LogP contribution >= 0.6 is 0 Å². The van der Waals surface area contributed by atoms with E-state index < -0.39 is 18.6 Å². The molecule has 0 aromatic heterocycles. The first-order valence-electron chi connectivity index (χ1n) is 7.01. The molecule has 1 aliphatic heterocycles. The van der Waals surface area contributed by atoms with Crippen LogP contribution in [0.1, 0.15) is 25.3 Å². The van der Waals surface area contributed by atoms with Gasteiger partial charge in [-0.15, -0.1) is 0 Å². The van der Waals surface area contributed by atoms with Gasteiger partial charge < -0.3 is 5.32 Å². The third kappa shape index (κ3) is 5.13. The fraction of sp³-hybridized carbons (Fsp3) is 0.600. The average molecular weight is 286 g/mol. The molecule has 1 aromatic carbocycles. The van der Waals surface area contributed by atoms with Gasteiger partial charge >= 0.3 is 6.18 Å². The van der Waals surface area contributed by atoms with Gasteiger partial charge in [-0.05, 0) is 18.9 Å². The van der Waals surface area contributed by atoms with Gasteiger partial charge in [-0.1, -0.05) is 30.3 Å². The first-order chi connectivity index (χ1) is 9.42. The number of rotatable bonds is 5. The van der Waals surface area contributed by atoms with E-state index in [1.807, 2.05) is 18.2 Å². The van der Waals surface area contributed by atoms with Crippen LogP contribution in [0.25, 0.3) is 0 Å². The molecule has 1 heterocycles. The molecule has 2 atom stereocenters. The molecule has 1 N–H and O–H groups in total. The molecule has 1 aliphatic rings. The van der Waals surface area contributed by atoms with Gasteiger partial charge in [0.05, 0.1) is 6.42 Å². The molecule has 0 spiro atoms. The molecule has 0 bridgehead atoms. The fourth-order valence-corrected chi connectivity index (χ4v) is 2.76. The summed E-state index contributed by atoms with van der Waals surface area (Å²) < 4.78 is 36.9. The van der Waals surface area contributed by atoms with E-state index in [0.29, 0.717) is 0 Å². The molecule has 1 aromatic rings. The number of alkyl halides is 3. The van der Waals surface area contributed by atoms with Crippen LogP contribution in [-0.4, -0.2) is 36.2 Å². The predicted molar refractivity (Wildman–Crippen MR) is 73.4 cm³/mol. The summed E-state index contributed by atoms with van der Waals surface area (Å²) >= 11 is 0. The van der Waals surface area contributed by atoms with E-state index in [1.54, 1.807) is 6.92 Å². The molecule has 20 heavy (non-hydrogen) atoms. The average Bonchev–Trinajstić information content (AvgIpc) is 2.75. The van der Waals surface area contributed by atoms with Crippen LogP contribution in [0.15, 0.2) is 30.3 Å². The van der Waals surface area contributed by atoms with E-state index in [4.69, 9.17) is 0 Å². The molecule has 2 nitrogen and oxygen atoms in total. The van der Waals surface area contributed by atoms with Gasteiger partial charge in [0.25, 0.3) is 0 Å². The highest BCUT2D eigenvalue weighted by Crippen LogP contribution is 2.22. The number of likely N-dealkylation sites (tertiary alicyclic amines) is 1. The van der Waals surface area contributed by atoms with Crippen molar-refractivity contribution in [3.05, 3.63) is 35.9 Å². The second-order valence-electron chi connectivity index (χ2n) is 5.59. The summed E-state index contributed by atoms with van der Waals surface area (Å²) in [5.74, 6) is 0. The van der Waals surface area contributed by atoms with Crippen molar-refractivity contribution in [2.45, 2.75) is 44.6 Å². The van der Waals surface area contributed by atoms with Crippen molar-refractivity contribution in [1.82, 2.24) is 10.2 Å². The van der Waals surface area contributed by atoms with Crippen molar-refractivity contribution in [3.8, 4) is 0 Å². The number of benzene rings is 1. The molecular formula is C15H21F3N2. The minimum Gasteiger partial charge on any atom is -0.310 e. The summed E-state index contributed by atoms with van der Waals surface area (Å²) in [4.78, 5) is 2.29. The first-order valence-corrected chi connectivity index (χ1v) is 7.01. The van der Waals surface area contributed by atoms with Crippen molar-refractivity contribution >= 4 is 0 Å². The number of hydrogen-bond donors (Lipinski definition) is 1. The lowest BCUT2D eigenvalue weighted by molar-refractivity contribution is -0.139. The van der Waals surface area contributed by atoms with Gasteiger partial charge in [0.15, 0.2) is 0 Å². The second kappa shape index (κ2) is 6.59. The Morgan fingerprint density at radius 3 is 2.65 bits per heavy atom. The minimum atomic E-state index is -4.09. The van der Waals surface area contributed by atoms with Crippen molar-refractivity contribution in [1.29, 1.82) is 0 Å². The van der Waals surface area contributed by atoms with Crippen molar-refractivity contribution in [2.75, 3.05) is 13.1 Å². The summed E-state index contributed by atoms with van der Waals surface area (Å²) in [5.41, 5.74) is 1.25. The lowest BCUT2D eigenvalue weighted by atomic mass is 10.2. The molecule has 1 fully saturated rings. The molecule has 2 rings (SSSR count). The molecule has 0 aliphatic carbocycles. The normalized spacial score (nSPS) is 22.1. The van der Waals surface area contributed by atoms with Crippen LogP contribution in [0, 0.1) is 0 Å². The molecule has 1 saturated heterocycles. The van der Waals surface area contributed by atoms with Crippen molar-refractivity contribution in [2.24, 2.45) is 0 Å². The van der Waals surface area contributed by atoms with Crippen LogP contribution in [0.2, 0.25) is 0 Å². The highest BCUT2D eigenvalue weighted by molar-refractivity contribution is 5.14. The Kier molecular flexibility index (Phi) is 5.05. The first kappa shape index (κ1) is 15.3. The highest BCUT2D eigenvalue weighted by Gasteiger charge is 2.32. The zero-order valence-electron chi connectivity index (χ0n) is 11.7. The summed E-state index contributed by atoms with van der Waals surface area (Å²) in [6.07, 6.45) is -3.94. The summed E-state index contributed by atoms with van der Waals surface area (Å²) in [6.45, 7) is 4.22. The third-order valence-corrected chi connectivity index (χ3v) is 3.58. The maximum Gasteiger partial charge on any atom is 0.390 e. The summed E-state index contributed by atoms with van der Waals surface area (Å²) in [5, 5.41) is 3.09. The Labute approximate surface area is 118 Å². The number of nitrogens with zero attached hydrogens (tertiary/aromatic N) is 1. The summed E-state index contributed by atoms with van der Waals surface area (Å²) in [6, 6.07) is 9.79. The molecule has 0 amide bonds. The highest BCUT2D eigenvalue weighted by atomic mass is 19.4.